The molecule has 3 rings (SSSR count). The first-order chi connectivity index (χ1) is 14.3. The van der Waals surface area contributed by atoms with Crippen LogP contribution in [0.25, 0.3) is 17.2 Å². The zero-order valence-corrected chi connectivity index (χ0v) is 18.1. The van der Waals surface area contributed by atoms with Crippen molar-refractivity contribution in [2.75, 3.05) is 19.5 Å². The van der Waals surface area contributed by atoms with Gasteiger partial charge in [-0.05, 0) is 54.8 Å². The van der Waals surface area contributed by atoms with Crippen molar-refractivity contribution >= 4 is 44.9 Å². The minimum atomic E-state index is -0.500. The van der Waals surface area contributed by atoms with E-state index in [1.165, 1.54) is 7.11 Å². The monoisotopic (exact) mass is 464 g/mol. The summed E-state index contributed by atoms with van der Waals surface area (Å²) in [5.41, 5.74) is 10.6. The summed E-state index contributed by atoms with van der Waals surface area (Å²) in [4.78, 5) is 15.8. The number of rotatable bonds is 4. The highest BCUT2D eigenvalue weighted by molar-refractivity contribution is 9.10. The lowest BCUT2D eigenvalue weighted by molar-refractivity contribution is -0.142. The molecule has 1 aromatic carbocycles. The molecule has 0 amide bonds. The average Bonchev–Trinajstić information content (AvgIpc) is 2.98. The SMILES string of the molecule is COC(=O)COc1ccc(Br)cc1C=C1C(C)=C(C#N)c2nc(N)c(C#N)c(C)c21. The third-order valence-electron chi connectivity index (χ3n) is 4.83. The summed E-state index contributed by atoms with van der Waals surface area (Å²) in [6.45, 7) is 3.37. The van der Waals surface area contributed by atoms with Gasteiger partial charge < -0.3 is 15.2 Å². The van der Waals surface area contributed by atoms with Crippen LogP contribution in [-0.4, -0.2) is 24.7 Å². The molecule has 2 aromatic rings. The Hall–Kier alpha value is -3.62. The minimum Gasteiger partial charge on any atom is -0.481 e. The number of aromatic nitrogens is 1. The van der Waals surface area contributed by atoms with Crippen molar-refractivity contribution < 1.29 is 14.3 Å². The van der Waals surface area contributed by atoms with Crippen molar-refractivity contribution in [3.63, 3.8) is 0 Å². The molecule has 0 unspecified atom stereocenters. The molecule has 0 saturated carbocycles. The molecular formula is C22H17BrN4O3. The second-order valence-electron chi connectivity index (χ2n) is 6.55. The number of fused-ring (bicyclic) bond motifs is 1. The van der Waals surface area contributed by atoms with Gasteiger partial charge in [-0.1, -0.05) is 15.9 Å². The van der Waals surface area contributed by atoms with Crippen LogP contribution in [-0.2, 0) is 9.53 Å². The molecule has 0 saturated heterocycles. The Bertz CT molecular complexity index is 1220. The second-order valence-corrected chi connectivity index (χ2v) is 7.46. The predicted molar refractivity (Wildman–Crippen MR) is 116 cm³/mol. The highest BCUT2D eigenvalue weighted by atomic mass is 79.9. The molecule has 30 heavy (non-hydrogen) atoms. The van der Waals surface area contributed by atoms with Gasteiger partial charge in [-0.3, -0.25) is 0 Å². The van der Waals surface area contributed by atoms with Gasteiger partial charge in [0.15, 0.2) is 6.61 Å². The number of carbonyl (C=O) groups excluding carboxylic acids is 1. The zero-order chi connectivity index (χ0) is 22.0. The number of nitrogen functional groups attached to an aromatic ring is 1. The van der Waals surface area contributed by atoms with Crippen LogP contribution in [0.2, 0.25) is 0 Å². The van der Waals surface area contributed by atoms with Gasteiger partial charge in [-0.15, -0.1) is 0 Å². The van der Waals surface area contributed by atoms with E-state index in [1.807, 2.05) is 19.1 Å². The summed E-state index contributed by atoms with van der Waals surface area (Å²) in [7, 11) is 1.29. The number of hydrogen-bond donors (Lipinski definition) is 1. The van der Waals surface area contributed by atoms with E-state index in [1.54, 1.807) is 19.1 Å². The number of pyridine rings is 1. The number of methoxy groups -OCH3 is 1. The average molecular weight is 465 g/mol. The normalized spacial score (nSPS) is 13.6. The molecule has 1 aliphatic carbocycles. The Morgan fingerprint density at radius 2 is 2.03 bits per heavy atom. The Balaban J connectivity index is 2.22. The number of carbonyl (C=O) groups is 1. The lowest BCUT2D eigenvalue weighted by atomic mass is 9.95. The van der Waals surface area contributed by atoms with E-state index in [0.717, 1.165) is 15.6 Å². The zero-order valence-electron chi connectivity index (χ0n) is 16.5. The van der Waals surface area contributed by atoms with Crippen molar-refractivity contribution in [3.05, 3.63) is 56.2 Å². The summed E-state index contributed by atoms with van der Waals surface area (Å²) in [6.07, 6.45) is 1.85. The van der Waals surface area contributed by atoms with E-state index in [2.05, 4.69) is 37.8 Å². The number of nitrogens with zero attached hydrogens (tertiary/aromatic N) is 3. The summed E-state index contributed by atoms with van der Waals surface area (Å²) in [6, 6.07) is 9.63. The highest BCUT2D eigenvalue weighted by Crippen LogP contribution is 2.44. The van der Waals surface area contributed by atoms with Gasteiger partial charge in [-0.25, -0.2) is 9.78 Å². The lowest BCUT2D eigenvalue weighted by Crippen LogP contribution is -2.13. The maximum absolute atomic E-state index is 11.5. The van der Waals surface area contributed by atoms with Crippen LogP contribution in [0.15, 0.2) is 28.2 Å². The van der Waals surface area contributed by atoms with Crippen LogP contribution in [0.1, 0.15) is 34.9 Å². The number of allylic oxidation sites excluding steroid dienone is 3. The van der Waals surface area contributed by atoms with Crippen LogP contribution in [0, 0.1) is 29.6 Å². The number of nitriles is 2. The van der Waals surface area contributed by atoms with Crippen LogP contribution < -0.4 is 10.5 Å². The van der Waals surface area contributed by atoms with E-state index >= 15 is 0 Å². The molecule has 150 valence electrons. The second kappa shape index (κ2) is 8.40. The van der Waals surface area contributed by atoms with E-state index in [-0.39, 0.29) is 18.0 Å². The first-order valence-corrected chi connectivity index (χ1v) is 9.64. The third kappa shape index (κ3) is 3.66. The molecule has 8 heteroatoms. The van der Waals surface area contributed by atoms with Crippen LogP contribution >= 0.6 is 15.9 Å². The summed E-state index contributed by atoms with van der Waals surface area (Å²) >= 11 is 3.45. The number of benzene rings is 1. The molecule has 0 atom stereocenters. The predicted octanol–water partition coefficient (Wildman–Crippen LogP) is 4.01. The molecule has 0 aliphatic heterocycles. The number of hydrogen-bond acceptors (Lipinski definition) is 7. The van der Waals surface area contributed by atoms with Crippen molar-refractivity contribution in [3.8, 4) is 17.9 Å². The molecular weight excluding hydrogens is 448 g/mol. The first-order valence-electron chi connectivity index (χ1n) is 8.85. The van der Waals surface area contributed by atoms with Gasteiger partial charge >= 0.3 is 5.97 Å². The molecule has 0 radical (unpaired) electrons. The number of ether oxygens (including phenoxy) is 2. The fourth-order valence-electron chi connectivity index (χ4n) is 3.31. The van der Waals surface area contributed by atoms with E-state index in [9.17, 15) is 15.3 Å². The van der Waals surface area contributed by atoms with Crippen LogP contribution in [0.3, 0.4) is 0 Å². The molecule has 2 N–H and O–H groups in total. The van der Waals surface area contributed by atoms with Gasteiger partial charge in [0.1, 0.15) is 23.7 Å². The van der Waals surface area contributed by atoms with E-state index in [4.69, 9.17) is 10.5 Å². The summed E-state index contributed by atoms with van der Waals surface area (Å²) in [5.74, 6) is 0.0669. The Labute approximate surface area is 182 Å². The van der Waals surface area contributed by atoms with Crippen molar-refractivity contribution in [1.82, 2.24) is 4.98 Å². The molecule has 1 aromatic heterocycles. The summed E-state index contributed by atoms with van der Waals surface area (Å²) < 4.78 is 11.1. The van der Waals surface area contributed by atoms with Gasteiger partial charge in [0.05, 0.1) is 23.9 Å². The Morgan fingerprint density at radius 3 is 2.67 bits per heavy atom. The fourth-order valence-corrected chi connectivity index (χ4v) is 3.69. The smallest absolute Gasteiger partial charge is 0.343 e. The number of anilines is 1. The van der Waals surface area contributed by atoms with Crippen LogP contribution in [0.4, 0.5) is 5.82 Å². The largest absolute Gasteiger partial charge is 0.481 e. The van der Waals surface area contributed by atoms with Gasteiger partial charge in [-0.2, -0.15) is 10.5 Å². The molecule has 0 fully saturated rings. The maximum atomic E-state index is 11.5. The quantitative estimate of drug-likeness (QED) is 0.677. The maximum Gasteiger partial charge on any atom is 0.343 e. The molecule has 0 spiro atoms. The number of halogens is 1. The molecule has 7 nitrogen and oxygen atoms in total. The standard InChI is InChI=1S/C22H17BrN4O3/c1-11-15(7-13-6-14(23)4-5-18(13)30-10-19(28)29-3)20-12(2)17(9-25)22(26)27-21(20)16(11)8-24/h4-7H,10H2,1-3H3,(H2,26,27). The van der Waals surface area contributed by atoms with Crippen molar-refractivity contribution in [2.45, 2.75) is 13.8 Å². The molecule has 1 heterocycles. The first kappa shape index (κ1) is 21.1. The minimum absolute atomic E-state index is 0.0973. The van der Waals surface area contributed by atoms with E-state index < -0.39 is 5.97 Å². The molecule has 1 aliphatic rings. The van der Waals surface area contributed by atoms with Crippen molar-refractivity contribution in [2.24, 2.45) is 0 Å². The fraction of sp³-hybridized carbons (Fsp3) is 0.182. The van der Waals surface area contributed by atoms with Gasteiger partial charge in [0.2, 0.25) is 0 Å². The highest BCUT2D eigenvalue weighted by Gasteiger charge is 2.29. The van der Waals surface area contributed by atoms with E-state index in [0.29, 0.717) is 33.7 Å². The Kier molecular flexibility index (Phi) is 5.91. The third-order valence-corrected chi connectivity index (χ3v) is 5.32. The lowest BCUT2D eigenvalue weighted by Gasteiger charge is -2.13. The topological polar surface area (TPSA) is 122 Å². The summed E-state index contributed by atoms with van der Waals surface area (Å²) in [5, 5.41) is 19.2. The van der Waals surface area contributed by atoms with Crippen molar-refractivity contribution in [1.29, 1.82) is 10.5 Å². The molecule has 0 bridgehead atoms. The Morgan fingerprint density at radius 1 is 1.30 bits per heavy atom. The number of nitrogens with two attached hydrogens (primary N) is 1. The van der Waals surface area contributed by atoms with Gasteiger partial charge in [0.25, 0.3) is 0 Å². The number of esters is 1. The van der Waals surface area contributed by atoms with Crippen LogP contribution in [0.5, 0.6) is 5.75 Å². The van der Waals surface area contributed by atoms with Gasteiger partial charge in [0, 0.05) is 15.6 Å².